The first-order chi connectivity index (χ1) is 21.1. The first kappa shape index (κ1) is 30.6. The van der Waals surface area contributed by atoms with Crippen molar-refractivity contribution in [3.63, 3.8) is 0 Å². The van der Waals surface area contributed by atoms with E-state index >= 15 is 0 Å². The molecule has 0 spiro atoms. The van der Waals surface area contributed by atoms with Crippen LogP contribution in [0.5, 0.6) is 17.2 Å². The second-order valence-electron chi connectivity index (χ2n) is 11.1. The number of carbonyl (C=O) groups excluding carboxylic acids is 1. The minimum atomic E-state index is -1.10. The Kier molecular flexibility index (Phi) is 8.64. The number of carbonyl (C=O) groups is 1. The van der Waals surface area contributed by atoms with Crippen molar-refractivity contribution in [2.75, 3.05) is 11.9 Å². The van der Waals surface area contributed by atoms with Gasteiger partial charge in [-0.25, -0.2) is 9.78 Å². The SMILES string of the molecule is C/C=C(/C)C(=O)O[C@@H]1Cc2c(c(-c3cccc(O)c3)c3oc(CO)cc(=O)c3c2O)O[C@@]1(C)CCc1ccc(NCC)nc1. The van der Waals surface area contributed by atoms with Crippen LogP contribution in [0, 0.1) is 0 Å². The molecular weight excluding hydrogens is 564 g/mol. The second kappa shape index (κ2) is 12.4. The van der Waals surface area contributed by atoms with E-state index in [4.69, 9.17) is 13.9 Å². The number of benzene rings is 2. The Morgan fingerprint density at radius 1 is 1.23 bits per heavy atom. The smallest absolute Gasteiger partial charge is 0.333 e. The number of nitrogens with zero attached hydrogens (tertiary/aromatic N) is 1. The van der Waals surface area contributed by atoms with Gasteiger partial charge in [0.15, 0.2) is 11.0 Å². The lowest BCUT2D eigenvalue weighted by molar-refractivity contribution is -0.158. The third-order valence-electron chi connectivity index (χ3n) is 8.04. The Bertz CT molecular complexity index is 1790. The van der Waals surface area contributed by atoms with Crippen molar-refractivity contribution in [3.8, 4) is 28.4 Å². The van der Waals surface area contributed by atoms with E-state index in [1.807, 2.05) is 26.0 Å². The molecule has 1 aliphatic rings. The highest BCUT2D eigenvalue weighted by Gasteiger charge is 2.46. The predicted molar refractivity (Wildman–Crippen MR) is 166 cm³/mol. The molecule has 2 atom stereocenters. The van der Waals surface area contributed by atoms with Gasteiger partial charge in [-0.05, 0) is 69.9 Å². The molecule has 44 heavy (non-hydrogen) atoms. The molecule has 3 heterocycles. The molecule has 10 nitrogen and oxygen atoms in total. The summed E-state index contributed by atoms with van der Waals surface area (Å²) in [5.41, 5.74) is 0.782. The zero-order valence-electron chi connectivity index (χ0n) is 25.1. The van der Waals surface area contributed by atoms with E-state index in [2.05, 4.69) is 10.3 Å². The van der Waals surface area contributed by atoms with Gasteiger partial charge in [-0.3, -0.25) is 4.79 Å². The number of phenols is 2. The molecule has 2 aromatic heterocycles. The molecule has 10 heteroatoms. The van der Waals surface area contributed by atoms with Gasteiger partial charge >= 0.3 is 5.97 Å². The number of aliphatic hydroxyl groups is 1. The van der Waals surface area contributed by atoms with Gasteiger partial charge in [0, 0.05) is 36.4 Å². The Hall–Kier alpha value is -4.83. The summed E-state index contributed by atoms with van der Waals surface area (Å²) in [5, 5.41) is 34.7. The van der Waals surface area contributed by atoms with Crippen LogP contribution in [0.25, 0.3) is 22.1 Å². The number of pyridine rings is 1. The van der Waals surface area contributed by atoms with E-state index in [1.165, 1.54) is 12.1 Å². The number of esters is 1. The molecular formula is C34H36N2O8. The summed E-state index contributed by atoms with van der Waals surface area (Å²) >= 11 is 0. The summed E-state index contributed by atoms with van der Waals surface area (Å²) < 4.78 is 18.7. The van der Waals surface area contributed by atoms with Gasteiger partial charge in [-0.1, -0.05) is 24.3 Å². The molecule has 0 bridgehead atoms. The van der Waals surface area contributed by atoms with Crippen molar-refractivity contribution in [3.05, 3.63) is 87.4 Å². The van der Waals surface area contributed by atoms with Crippen LogP contribution in [0.4, 0.5) is 5.82 Å². The molecule has 1 aliphatic heterocycles. The van der Waals surface area contributed by atoms with Gasteiger partial charge in [-0.2, -0.15) is 0 Å². The summed E-state index contributed by atoms with van der Waals surface area (Å²) in [7, 11) is 0. The number of aromatic nitrogens is 1. The minimum absolute atomic E-state index is 0.00367. The standard InChI is InChI=1S/C34H36N2O8/c1-5-19(3)33(41)43-26-16-24-30(40)29-25(39)15-23(18-37)42-32(29)28(21-8-7-9-22(38)14-21)31(24)44-34(26,4)13-12-20-10-11-27(35-6-2)36-17-20/h5,7-11,14-15,17,26,37-38,40H,6,12-13,16,18H2,1-4H3,(H,35,36)/b19-5-/t26-,34+/m1/s1. The fourth-order valence-electron chi connectivity index (χ4n) is 5.43. The third kappa shape index (κ3) is 5.85. The number of hydrogen-bond acceptors (Lipinski definition) is 10. The Labute approximate surface area is 254 Å². The van der Waals surface area contributed by atoms with Crippen LogP contribution in [0.15, 0.2) is 69.5 Å². The van der Waals surface area contributed by atoms with E-state index < -0.39 is 29.7 Å². The van der Waals surface area contributed by atoms with Gasteiger partial charge in [0.2, 0.25) is 0 Å². The highest BCUT2D eigenvalue weighted by atomic mass is 16.6. The van der Waals surface area contributed by atoms with Gasteiger partial charge < -0.3 is 34.5 Å². The normalized spacial score (nSPS) is 18.0. The Morgan fingerprint density at radius 3 is 2.68 bits per heavy atom. The molecule has 0 amide bonds. The molecule has 0 saturated heterocycles. The highest BCUT2D eigenvalue weighted by molar-refractivity contribution is 6.01. The second-order valence-corrected chi connectivity index (χ2v) is 11.1. The quantitative estimate of drug-likeness (QED) is 0.145. The number of anilines is 1. The zero-order chi connectivity index (χ0) is 31.6. The Balaban J connectivity index is 1.68. The lowest BCUT2D eigenvalue weighted by Crippen LogP contribution is -2.51. The summed E-state index contributed by atoms with van der Waals surface area (Å²) in [6.45, 7) is 7.44. The van der Waals surface area contributed by atoms with Gasteiger partial charge in [0.05, 0.1) is 5.56 Å². The fraction of sp³-hybridized carbons (Fsp3) is 0.324. The number of allylic oxidation sites excluding steroid dienone is 1. The summed E-state index contributed by atoms with van der Waals surface area (Å²) in [6, 6.07) is 11.4. The maximum absolute atomic E-state index is 13.2. The largest absolute Gasteiger partial charge is 0.508 e. The molecule has 0 unspecified atom stereocenters. The molecule has 0 saturated carbocycles. The topological polar surface area (TPSA) is 151 Å². The predicted octanol–water partition coefficient (Wildman–Crippen LogP) is 5.39. The maximum Gasteiger partial charge on any atom is 0.333 e. The molecule has 5 rings (SSSR count). The van der Waals surface area contributed by atoms with Crippen molar-refractivity contribution >= 4 is 22.8 Å². The van der Waals surface area contributed by atoms with E-state index in [0.29, 0.717) is 29.5 Å². The van der Waals surface area contributed by atoms with Crippen LogP contribution in [0.1, 0.15) is 51.0 Å². The van der Waals surface area contributed by atoms with Crippen molar-refractivity contribution in [2.24, 2.45) is 0 Å². The molecule has 0 fully saturated rings. The third-order valence-corrected chi connectivity index (χ3v) is 8.04. The molecule has 4 aromatic rings. The number of rotatable bonds is 9. The number of aliphatic hydroxyl groups excluding tert-OH is 1. The van der Waals surface area contributed by atoms with E-state index in [-0.39, 0.29) is 46.0 Å². The van der Waals surface area contributed by atoms with Gasteiger partial charge in [0.1, 0.15) is 52.5 Å². The fourth-order valence-corrected chi connectivity index (χ4v) is 5.43. The lowest BCUT2D eigenvalue weighted by atomic mass is 9.82. The van der Waals surface area contributed by atoms with Crippen LogP contribution in [0.2, 0.25) is 0 Å². The molecule has 0 radical (unpaired) electrons. The molecule has 0 aliphatic carbocycles. The van der Waals surface area contributed by atoms with Crippen molar-refractivity contribution in [2.45, 2.75) is 65.3 Å². The maximum atomic E-state index is 13.2. The van der Waals surface area contributed by atoms with Crippen LogP contribution in [0.3, 0.4) is 0 Å². The molecule has 230 valence electrons. The number of nitrogens with one attached hydrogen (secondary N) is 1. The highest BCUT2D eigenvalue weighted by Crippen LogP contribution is 2.51. The van der Waals surface area contributed by atoms with Crippen molar-refractivity contribution in [1.29, 1.82) is 0 Å². The number of aromatic hydroxyl groups is 2. The summed E-state index contributed by atoms with van der Waals surface area (Å²) in [6.07, 6.45) is 3.58. The number of aryl methyl sites for hydroxylation is 1. The summed E-state index contributed by atoms with van der Waals surface area (Å²) in [5.74, 6) is 0.0971. The number of phenolic OH excluding ortho intramolecular Hbond substituents is 2. The monoisotopic (exact) mass is 600 g/mol. The number of ether oxygens (including phenoxy) is 2. The van der Waals surface area contributed by atoms with E-state index in [9.17, 15) is 24.9 Å². The van der Waals surface area contributed by atoms with Gasteiger partial charge in [0.25, 0.3) is 0 Å². The van der Waals surface area contributed by atoms with Crippen LogP contribution < -0.4 is 15.5 Å². The minimum Gasteiger partial charge on any atom is -0.508 e. The van der Waals surface area contributed by atoms with E-state index in [1.54, 1.807) is 38.3 Å². The van der Waals surface area contributed by atoms with Crippen LogP contribution in [-0.4, -0.2) is 44.5 Å². The molecule has 4 N–H and O–H groups in total. The average molecular weight is 601 g/mol. The average Bonchev–Trinajstić information content (AvgIpc) is 3.01. The van der Waals surface area contributed by atoms with Gasteiger partial charge in [-0.15, -0.1) is 0 Å². The number of hydrogen-bond donors (Lipinski definition) is 4. The number of fused-ring (bicyclic) bond motifs is 2. The van der Waals surface area contributed by atoms with Crippen molar-refractivity contribution in [1.82, 2.24) is 4.98 Å². The first-order valence-electron chi connectivity index (χ1n) is 14.5. The zero-order valence-corrected chi connectivity index (χ0v) is 25.1. The Morgan fingerprint density at radius 2 is 2.02 bits per heavy atom. The first-order valence-corrected chi connectivity index (χ1v) is 14.5. The lowest BCUT2D eigenvalue weighted by Gasteiger charge is -2.43. The van der Waals surface area contributed by atoms with Crippen molar-refractivity contribution < 1.29 is 34.0 Å². The molecule has 2 aromatic carbocycles. The van der Waals surface area contributed by atoms with Crippen LogP contribution >= 0.6 is 0 Å². The summed E-state index contributed by atoms with van der Waals surface area (Å²) in [4.78, 5) is 30.7. The van der Waals surface area contributed by atoms with Crippen LogP contribution in [-0.2, 0) is 29.0 Å². The van der Waals surface area contributed by atoms with E-state index in [0.717, 1.165) is 24.0 Å².